The molecule has 1 aliphatic heterocycles. The Bertz CT molecular complexity index is 1560. The summed E-state index contributed by atoms with van der Waals surface area (Å²) in [4.78, 5) is 33.0. The van der Waals surface area contributed by atoms with Gasteiger partial charge in [0, 0.05) is 30.6 Å². The van der Waals surface area contributed by atoms with Gasteiger partial charge in [0.15, 0.2) is 11.5 Å². The summed E-state index contributed by atoms with van der Waals surface area (Å²) in [6, 6.07) is 9.76. The number of anilines is 1. The highest BCUT2D eigenvalue weighted by atomic mass is 16.5. The number of fused-ring (bicyclic) bond motifs is 1. The van der Waals surface area contributed by atoms with E-state index in [-0.39, 0.29) is 11.9 Å². The molecule has 0 saturated heterocycles. The highest BCUT2D eigenvalue weighted by Gasteiger charge is 2.36. The third kappa shape index (κ3) is 3.98. The highest BCUT2D eigenvalue weighted by Crippen LogP contribution is 2.45. The van der Waals surface area contributed by atoms with E-state index in [1.54, 1.807) is 22.9 Å². The number of aromatic nitrogens is 7. The van der Waals surface area contributed by atoms with Gasteiger partial charge in [-0.2, -0.15) is 10.2 Å². The van der Waals surface area contributed by atoms with Crippen molar-refractivity contribution in [3.05, 3.63) is 53.7 Å². The average Bonchev–Trinajstić information content (AvgIpc) is 3.57. The van der Waals surface area contributed by atoms with E-state index in [1.165, 1.54) is 6.33 Å². The van der Waals surface area contributed by atoms with Crippen LogP contribution in [0.15, 0.2) is 36.8 Å². The Morgan fingerprint density at radius 1 is 1.18 bits per heavy atom. The van der Waals surface area contributed by atoms with Crippen molar-refractivity contribution in [2.45, 2.75) is 58.2 Å². The Kier molecular flexibility index (Phi) is 5.87. The molecule has 0 radical (unpaired) electrons. The van der Waals surface area contributed by atoms with Crippen LogP contribution in [0.25, 0.3) is 22.8 Å². The summed E-state index contributed by atoms with van der Waals surface area (Å²) < 4.78 is 9.28. The van der Waals surface area contributed by atoms with Crippen molar-refractivity contribution in [1.29, 1.82) is 5.26 Å². The number of ether oxygens (including phenoxy) is 1. The van der Waals surface area contributed by atoms with E-state index in [2.05, 4.69) is 21.0 Å². The first kappa shape index (κ1) is 23.8. The zero-order valence-corrected chi connectivity index (χ0v) is 21.5. The van der Waals surface area contributed by atoms with E-state index in [0.717, 1.165) is 35.5 Å². The lowest BCUT2D eigenvalue weighted by Gasteiger charge is -2.31. The maximum atomic E-state index is 13.2. The molecule has 3 aromatic heterocycles. The number of benzene rings is 1. The summed E-state index contributed by atoms with van der Waals surface area (Å²) in [7, 11) is 1.58. The number of hydrogen-bond acceptors (Lipinski definition) is 8. The second-order valence-corrected chi connectivity index (χ2v) is 9.54. The molecular weight excluding hydrogens is 482 g/mol. The van der Waals surface area contributed by atoms with E-state index in [1.807, 2.05) is 42.7 Å². The second-order valence-electron chi connectivity index (χ2n) is 9.54. The molecule has 1 saturated carbocycles. The Hall–Kier alpha value is -4.59. The Labute approximate surface area is 219 Å². The van der Waals surface area contributed by atoms with Crippen LogP contribution in [0.4, 0.5) is 5.95 Å². The van der Waals surface area contributed by atoms with Gasteiger partial charge in [0.1, 0.15) is 23.8 Å². The van der Waals surface area contributed by atoms with E-state index < -0.39 is 0 Å². The zero-order chi connectivity index (χ0) is 26.4. The minimum Gasteiger partial charge on any atom is -0.480 e. The fourth-order valence-electron chi connectivity index (χ4n) is 5.01. The van der Waals surface area contributed by atoms with Crippen LogP contribution >= 0.6 is 0 Å². The molecule has 1 aliphatic carbocycles. The number of carbonyl (C=O) groups is 1. The first-order valence-corrected chi connectivity index (χ1v) is 12.8. The quantitative estimate of drug-likeness (QED) is 0.367. The van der Waals surface area contributed by atoms with Crippen molar-refractivity contribution in [1.82, 2.24) is 34.3 Å². The number of imidazole rings is 1. The molecule has 4 heterocycles. The summed E-state index contributed by atoms with van der Waals surface area (Å²) in [6.45, 7) is 5.17. The lowest BCUT2D eigenvalue weighted by atomic mass is 10.0. The third-order valence-corrected chi connectivity index (χ3v) is 7.17. The monoisotopic (exact) mass is 509 g/mol. The van der Waals surface area contributed by atoms with E-state index >= 15 is 0 Å². The van der Waals surface area contributed by atoms with Gasteiger partial charge in [-0.1, -0.05) is 24.3 Å². The minimum absolute atomic E-state index is 0.00749. The molecule has 192 valence electrons. The highest BCUT2D eigenvalue weighted by molar-refractivity contribution is 5.94. The van der Waals surface area contributed by atoms with Crippen LogP contribution in [0.2, 0.25) is 0 Å². The normalized spacial score (nSPS) is 15.7. The summed E-state index contributed by atoms with van der Waals surface area (Å²) in [5, 5.41) is 14.0. The second kappa shape index (κ2) is 9.37. The van der Waals surface area contributed by atoms with Gasteiger partial charge in [-0.3, -0.25) is 9.69 Å². The first-order valence-electron chi connectivity index (χ1n) is 12.8. The van der Waals surface area contributed by atoms with Crippen molar-refractivity contribution < 1.29 is 9.53 Å². The molecule has 11 nitrogen and oxygen atoms in total. The predicted molar refractivity (Wildman–Crippen MR) is 138 cm³/mol. The standard InChI is InChI=1S/C27H27N9O2/c1-4-34-14-20(13-28)31-25(34)19-9-5-17(6-10-19)16(2)36-21(37)11-12-35-27(36)32-24(33-35)22-23(18-7-8-18)29-15-30-26(22)38-3/h5-6,9-10,14-16,18H,4,7-8,11-12H2,1-3H3/t16-/m1/s1. The summed E-state index contributed by atoms with van der Waals surface area (Å²) in [5.74, 6) is 2.50. The fraction of sp³-hybridized carbons (Fsp3) is 0.370. The smallest absolute Gasteiger partial charge is 0.231 e. The SMILES string of the molecule is CCn1cc(C#N)nc1-c1ccc([C@@H](C)N2C(=O)CCn3nc(-c4c(OC)ncnc4C4CC4)nc32)cc1. The van der Waals surface area contributed by atoms with Gasteiger partial charge in [-0.15, -0.1) is 5.10 Å². The van der Waals surface area contributed by atoms with Crippen molar-refractivity contribution in [3.63, 3.8) is 0 Å². The molecule has 11 heteroatoms. The number of amides is 1. The summed E-state index contributed by atoms with van der Waals surface area (Å²) >= 11 is 0. The van der Waals surface area contributed by atoms with Gasteiger partial charge in [0.2, 0.25) is 17.7 Å². The van der Waals surface area contributed by atoms with Crippen LogP contribution in [0.5, 0.6) is 5.88 Å². The molecule has 0 spiro atoms. The van der Waals surface area contributed by atoms with Crippen molar-refractivity contribution in [2.75, 3.05) is 12.0 Å². The van der Waals surface area contributed by atoms with Crippen molar-refractivity contribution in [3.8, 4) is 34.7 Å². The summed E-state index contributed by atoms with van der Waals surface area (Å²) in [6.07, 6.45) is 5.73. The minimum atomic E-state index is -0.273. The van der Waals surface area contributed by atoms with Gasteiger partial charge in [-0.25, -0.2) is 19.6 Å². The fourth-order valence-corrected chi connectivity index (χ4v) is 5.01. The molecule has 1 amide bonds. The Morgan fingerprint density at radius 3 is 2.66 bits per heavy atom. The largest absolute Gasteiger partial charge is 0.480 e. The number of nitrogens with zero attached hydrogens (tertiary/aromatic N) is 9. The first-order chi connectivity index (χ1) is 18.5. The van der Waals surface area contributed by atoms with Gasteiger partial charge in [0.05, 0.1) is 25.4 Å². The van der Waals surface area contributed by atoms with E-state index in [9.17, 15) is 10.1 Å². The lowest BCUT2D eigenvalue weighted by molar-refractivity contribution is -0.120. The molecule has 2 aliphatic rings. The number of aryl methyl sites for hydroxylation is 2. The van der Waals surface area contributed by atoms with E-state index in [4.69, 9.17) is 14.8 Å². The number of carbonyl (C=O) groups excluding carboxylic acids is 1. The number of methoxy groups -OCH3 is 1. The maximum Gasteiger partial charge on any atom is 0.231 e. The van der Waals surface area contributed by atoms with Crippen LogP contribution in [0.1, 0.15) is 62.0 Å². The van der Waals surface area contributed by atoms with Crippen LogP contribution in [0.3, 0.4) is 0 Å². The molecule has 0 unspecified atom stereocenters. The molecule has 1 fully saturated rings. The molecule has 4 aromatic rings. The predicted octanol–water partition coefficient (Wildman–Crippen LogP) is 3.87. The van der Waals surface area contributed by atoms with Gasteiger partial charge >= 0.3 is 0 Å². The lowest BCUT2D eigenvalue weighted by Crippen LogP contribution is -2.39. The van der Waals surface area contributed by atoms with Gasteiger partial charge < -0.3 is 9.30 Å². The number of nitriles is 1. The Balaban J connectivity index is 1.34. The molecular formula is C27H27N9O2. The number of rotatable bonds is 7. The maximum absolute atomic E-state index is 13.2. The van der Waals surface area contributed by atoms with Gasteiger partial charge in [0.25, 0.3) is 0 Å². The van der Waals surface area contributed by atoms with E-state index in [0.29, 0.717) is 54.3 Å². The molecule has 1 atom stereocenters. The Morgan fingerprint density at radius 2 is 1.97 bits per heavy atom. The average molecular weight is 510 g/mol. The molecule has 0 bridgehead atoms. The molecule has 0 N–H and O–H groups in total. The molecule has 1 aromatic carbocycles. The molecule has 38 heavy (non-hydrogen) atoms. The van der Waals surface area contributed by atoms with Crippen LogP contribution in [-0.4, -0.2) is 47.3 Å². The topological polar surface area (TPSA) is 128 Å². The number of hydrogen-bond donors (Lipinski definition) is 0. The molecule has 6 rings (SSSR count). The van der Waals surface area contributed by atoms with Crippen LogP contribution < -0.4 is 9.64 Å². The summed E-state index contributed by atoms with van der Waals surface area (Å²) in [5.41, 5.74) is 3.84. The van der Waals surface area contributed by atoms with Crippen LogP contribution in [-0.2, 0) is 17.9 Å². The van der Waals surface area contributed by atoms with Crippen molar-refractivity contribution >= 4 is 11.9 Å². The van der Waals surface area contributed by atoms with Crippen molar-refractivity contribution in [2.24, 2.45) is 0 Å². The van der Waals surface area contributed by atoms with Crippen LogP contribution in [0, 0.1) is 11.3 Å². The third-order valence-electron chi connectivity index (χ3n) is 7.17. The van der Waals surface area contributed by atoms with Gasteiger partial charge in [-0.05, 0) is 32.3 Å². The zero-order valence-electron chi connectivity index (χ0n) is 21.5.